The molecule has 0 radical (unpaired) electrons. The van der Waals surface area contributed by atoms with E-state index in [4.69, 9.17) is 4.74 Å². The van der Waals surface area contributed by atoms with Gasteiger partial charge in [-0.1, -0.05) is 30.3 Å². The second-order valence-corrected chi connectivity index (χ2v) is 9.22. The van der Waals surface area contributed by atoms with Crippen LogP contribution in [0.1, 0.15) is 40.9 Å². The molecule has 0 atom stereocenters. The predicted molar refractivity (Wildman–Crippen MR) is 128 cm³/mol. The Morgan fingerprint density at radius 3 is 2.54 bits per heavy atom. The highest BCUT2D eigenvalue weighted by molar-refractivity contribution is 6.00. The maximum atomic E-state index is 14.7. The van der Waals surface area contributed by atoms with E-state index in [0.717, 1.165) is 22.3 Å². The predicted octanol–water partition coefficient (Wildman–Crippen LogP) is 4.80. The van der Waals surface area contributed by atoms with Gasteiger partial charge in [0.25, 0.3) is 5.91 Å². The number of rotatable bonds is 6. The zero-order valence-corrected chi connectivity index (χ0v) is 19.7. The summed E-state index contributed by atoms with van der Waals surface area (Å²) < 4.78 is 22.2. The van der Waals surface area contributed by atoms with Crippen LogP contribution in [0.15, 0.2) is 67.1 Å². The molecule has 2 aromatic heterocycles. The highest BCUT2D eigenvalue weighted by Crippen LogP contribution is 2.35. The van der Waals surface area contributed by atoms with Gasteiger partial charge in [0.1, 0.15) is 5.56 Å². The molecule has 4 aromatic rings. The molecular formula is C27H25FN4O3. The van der Waals surface area contributed by atoms with E-state index in [2.05, 4.69) is 10.1 Å². The third-order valence-corrected chi connectivity index (χ3v) is 6.08. The van der Waals surface area contributed by atoms with Gasteiger partial charge in [-0.25, -0.2) is 9.37 Å². The summed E-state index contributed by atoms with van der Waals surface area (Å²) in [4.78, 5) is 19.2. The maximum Gasteiger partial charge on any atom is 0.260 e. The van der Waals surface area contributed by atoms with E-state index in [-0.39, 0.29) is 17.5 Å². The molecule has 0 saturated carbocycles. The first-order valence-electron chi connectivity index (χ1n) is 11.2. The molecule has 1 N–H and O–H groups in total. The number of nitrogens with zero attached hydrogens (tertiary/aromatic N) is 4. The smallest absolute Gasteiger partial charge is 0.260 e. The van der Waals surface area contributed by atoms with Gasteiger partial charge in [0.2, 0.25) is 5.88 Å². The Bertz CT molecular complexity index is 1410. The molecule has 0 bridgehead atoms. The van der Waals surface area contributed by atoms with Gasteiger partial charge >= 0.3 is 0 Å². The number of fused-ring (bicyclic) bond motifs is 1. The Kier molecular flexibility index (Phi) is 5.61. The summed E-state index contributed by atoms with van der Waals surface area (Å²) in [5.74, 6) is -0.846. The number of carbonyl (C=O) groups excluding carboxylic acids is 1. The van der Waals surface area contributed by atoms with E-state index < -0.39 is 11.4 Å². The van der Waals surface area contributed by atoms with Crippen molar-refractivity contribution in [3.05, 3.63) is 95.2 Å². The lowest BCUT2D eigenvalue weighted by molar-refractivity contribution is 0.0763. The number of carbonyl (C=O) groups is 1. The fourth-order valence-electron chi connectivity index (χ4n) is 4.14. The SMILES string of the molecule is Cn1cc(-c2ccc(CN3Cc4ccnc(Oc5ccc(C(C)(C)O)cc5F)c4C3=O)cc2)cn1. The van der Waals surface area contributed by atoms with Gasteiger partial charge in [-0.3, -0.25) is 9.48 Å². The summed E-state index contributed by atoms with van der Waals surface area (Å²) in [6, 6.07) is 14.0. The number of hydrogen-bond donors (Lipinski definition) is 1. The van der Waals surface area contributed by atoms with E-state index >= 15 is 0 Å². The Labute approximate surface area is 202 Å². The number of pyridine rings is 1. The van der Waals surface area contributed by atoms with Gasteiger partial charge < -0.3 is 14.7 Å². The third kappa shape index (κ3) is 4.52. The van der Waals surface area contributed by atoms with Crippen molar-refractivity contribution in [3.63, 3.8) is 0 Å². The Hall–Kier alpha value is -4.04. The fourth-order valence-corrected chi connectivity index (χ4v) is 4.14. The molecule has 2 aromatic carbocycles. The minimum atomic E-state index is -1.18. The molecule has 5 rings (SSSR count). The van der Waals surface area contributed by atoms with E-state index in [1.807, 2.05) is 43.7 Å². The summed E-state index contributed by atoms with van der Waals surface area (Å²) in [5, 5.41) is 14.3. The summed E-state index contributed by atoms with van der Waals surface area (Å²) in [7, 11) is 1.88. The Balaban J connectivity index is 1.34. The molecule has 1 amide bonds. The van der Waals surface area contributed by atoms with Crippen LogP contribution in [0.3, 0.4) is 0 Å². The number of aliphatic hydroxyl groups is 1. The van der Waals surface area contributed by atoms with Gasteiger partial charge in [-0.15, -0.1) is 0 Å². The van der Waals surface area contributed by atoms with Crippen LogP contribution in [-0.4, -0.2) is 30.7 Å². The normalized spacial score (nSPS) is 13.3. The van der Waals surface area contributed by atoms with Crippen molar-refractivity contribution < 1.29 is 19.0 Å². The highest BCUT2D eigenvalue weighted by atomic mass is 19.1. The van der Waals surface area contributed by atoms with E-state index in [1.54, 1.807) is 41.8 Å². The molecule has 1 aliphatic rings. The molecule has 35 heavy (non-hydrogen) atoms. The van der Waals surface area contributed by atoms with Gasteiger partial charge in [0, 0.05) is 38.1 Å². The van der Waals surface area contributed by atoms with Crippen molar-refractivity contribution in [3.8, 4) is 22.8 Å². The van der Waals surface area contributed by atoms with Gasteiger partial charge in [-0.05, 0) is 54.3 Å². The Morgan fingerprint density at radius 2 is 1.89 bits per heavy atom. The van der Waals surface area contributed by atoms with Gasteiger partial charge in [0.05, 0.1) is 11.8 Å². The average molecular weight is 473 g/mol. The molecule has 0 fully saturated rings. The topological polar surface area (TPSA) is 80.5 Å². The molecule has 7 nitrogen and oxygen atoms in total. The van der Waals surface area contributed by atoms with E-state index in [0.29, 0.717) is 24.2 Å². The lowest BCUT2D eigenvalue weighted by Crippen LogP contribution is -2.23. The number of amides is 1. The summed E-state index contributed by atoms with van der Waals surface area (Å²) in [5.41, 5.74) is 3.42. The number of aryl methyl sites for hydroxylation is 1. The van der Waals surface area contributed by atoms with E-state index in [1.165, 1.54) is 12.1 Å². The minimum absolute atomic E-state index is 0.0591. The zero-order valence-electron chi connectivity index (χ0n) is 19.7. The molecule has 0 saturated heterocycles. The lowest BCUT2D eigenvalue weighted by atomic mass is 9.98. The van der Waals surface area contributed by atoms with Crippen molar-refractivity contribution in [2.24, 2.45) is 7.05 Å². The van der Waals surface area contributed by atoms with Crippen molar-refractivity contribution >= 4 is 5.91 Å². The fraction of sp³-hybridized carbons (Fsp3) is 0.222. The maximum absolute atomic E-state index is 14.7. The molecule has 178 valence electrons. The second kappa shape index (κ2) is 8.63. The average Bonchev–Trinajstić information content (AvgIpc) is 3.39. The number of benzene rings is 2. The van der Waals surface area contributed by atoms with Gasteiger partial charge in [0.15, 0.2) is 11.6 Å². The van der Waals surface area contributed by atoms with Crippen LogP contribution in [0, 0.1) is 5.82 Å². The number of aromatic nitrogens is 3. The van der Waals surface area contributed by atoms with Crippen LogP contribution in [0.25, 0.3) is 11.1 Å². The first-order valence-corrected chi connectivity index (χ1v) is 11.2. The van der Waals surface area contributed by atoms with Crippen molar-refractivity contribution in [2.45, 2.75) is 32.5 Å². The minimum Gasteiger partial charge on any atom is -0.435 e. The van der Waals surface area contributed by atoms with E-state index in [9.17, 15) is 14.3 Å². The quantitative estimate of drug-likeness (QED) is 0.436. The first-order chi connectivity index (χ1) is 16.7. The van der Waals surface area contributed by atoms with Gasteiger partial charge in [-0.2, -0.15) is 5.10 Å². The highest BCUT2D eigenvalue weighted by Gasteiger charge is 2.32. The van der Waals surface area contributed by atoms with Crippen LogP contribution >= 0.6 is 0 Å². The Morgan fingerprint density at radius 1 is 1.11 bits per heavy atom. The molecule has 8 heteroatoms. The van der Waals surface area contributed by atoms with Crippen LogP contribution in [0.5, 0.6) is 11.6 Å². The molecular weight excluding hydrogens is 447 g/mol. The molecule has 0 unspecified atom stereocenters. The lowest BCUT2D eigenvalue weighted by Gasteiger charge is -2.18. The second-order valence-electron chi connectivity index (χ2n) is 9.22. The summed E-state index contributed by atoms with van der Waals surface area (Å²) >= 11 is 0. The summed E-state index contributed by atoms with van der Waals surface area (Å²) in [6.07, 6.45) is 5.31. The van der Waals surface area contributed by atoms with Crippen LogP contribution in [0.2, 0.25) is 0 Å². The molecule has 0 spiro atoms. The molecule has 1 aliphatic heterocycles. The molecule has 3 heterocycles. The first kappa shape index (κ1) is 22.7. The largest absolute Gasteiger partial charge is 0.435 e. The standard InChI is InChI=1S/C27H25FN4O3/c1-27(2,34)21-8-9-23(22(28)12-21)35-25-24-19(10-11-29-25)16-32(26(24)33)14-17-4-6-18(7-5-17)20-13-30-31(3)15-20/h4-13,15,34H,14,16H2,1-3H3. The number of ether oxygens (including phenoxy) is 1. The van der Waals surface area contributed by atoms with Crippen LogP contribution in [0.4, 0.5) is 4.39 Å². The number of hydrogen-bond acceptors (Lipinski definition) is 5. The third-order valence-electron chi connectivity index (χ3n) is 6.08. The van der Waals surface area contributed by atoms with Crippen LogP contribution in [-0.2, 0) is 25.7 Å². The summed E-state index contributed by atoms with van der Waals surface area (Å²) in [6.45, 7) is 3.99. The molecule has 0 aliphatic carbocycles. The van der Waals surface area contributed by atoms with Crippen LogP contribution < -0.4 is 4.74 Å². The monoisotopic (exact) mass is 472 g/mol. The van der Waals surface area contributed by atoms with Crippen molar-refractivity contribution in [1.29, 1.82) is 0 Å². The van der Waals surface area contributed by atoms with Crippen molar-refractivity contribution in [2.75, 3.05) is 0 Å². The number of halogens is 1. The van der Waals surface area contributed by atoms with Crippen molar-refractivity contribution in [1.82, 2.24) is 19.7 Å². The zero-order chi connectivity index (χ0) is 24.7.